The zero-order valence-electron chi connectivity index (χ0n) is 6.12. The number of hydrogen-bond acceptors (Lipinski definition) is 3. The van der Waals surface area contributed by atoms with Crippen LogP contribution < -0.4 is 11.2 Å². The fraction of sp³-hybridized carbons (Fsp3) is 0. The third-order valence-electron chi connectivity index (χ3n) is 0.750. The lowest BCUT2D eigenvalue weighted by Crippen LogP contribution is -2.24. The molecule has 0 fully saturated rings. The van der Waals surface area contributed by atoms with E-state index in [4.69, 9.17) is 28.3 Å². The molecule has 0 rings (SSSR count). The molecule has 72 valence electrons. The molecule has 2 amide bonds. The molecule has 0 heterocycles. The van der Waals surface area contributed by atoms with Crippen molar-refractivity contribution in [2.75, 3.05) is 0 Å². The molecule has 8 heteroatoms. The minimum absolute atomic E-state index is 0.317. The molecule has 0 saturated heterocycles. The predicted molar refractivity (Wildman–Crippen MR) is 47.6 cm³/mol. The van der Waals surface area contributed by atoms with Crippen LogP contribution in [0.15, 0.2) is 15.2 Å². The quantitative estimate of drug-likeness (QED) is 0.368. The van der Waals surface area contributed by atoms with E-state index in [1.54, 1.807) is 0 Å². The number of hydrogen-bond donors (Lipinski definition) is 3. The Kier molecular flexibility index (Phi) is 4.86. The van der Waals surface area contributed by atoms with Crippen molar-refractivity contribution in [3.63, 3.8) is 0 Å². The first-order valence-electron chi connectivity index (χ1n) is 2.82. The highest BCUT2D eigenvalue weighted by atomic mass is 35.5. The molecule has 0 spiro atoms. The Hall–Kier alpha value is -1.27. The smallest absolute Gasteiger partial charge is 0.348 e. The van der Waals surface area contributed by atoms with Crippen LogP contribution in [0, 0.1) is 0 Å². The molecule has 6 nitrogen and oxygen atoms in total. The molecular formula is C5H5Cl2N3O3. The van der Waals surface area contributed by atoms with Gasteiger partial charge in [-0.25, -0.2) is 15.0 Å². The summed E-state index contributed by atoms with van der Waals surface area (Å²) in [5.74, 6) is -1.39. The SMILES string of the molecule is NC(=O)NN=C/C(Cl)=C(\Cl)C(=O)O. The van der Waals surface area contributed by atoms with Crippen LogP contribution in [0.4, 0.5) is 4.79 Å². The maximum atomic E-state index is 10.2. The van der Waals surface area contributed by atoms with Crippen molar-refractivity contribution in [2.24, 2.45) is 10.8 Å². The normalized spacial score (nSPS) is 12.5. The van der Waals surface area contributed by atoms with Gasteiger partial charge in [0.1, 0.15) is 5.03 Å². The van der Waals surface area contributed by atoms with Crippen LogP contribution in [0.1, 0.15) is 0 Å². The van der Waals surface area contributed by atoms with Gasteiger partial charge in [0.15, 0.2) is 0 Å². The van der Waals surface area contributed by atoms with Gasteiger partial charge < -0.3 is 10.8 Å². The fourth-order valence-electron chi connectivity index (χ4n) is 0.311. The van der Waals surface area contributed by atoms with E-state index in [0.717, 1.165) is 6.21 Å². The fourth-order valence-corrected chi connectivity index (χ4v) is 0.490. The molecule has 0 radical (unpaired) electrons. The molecule has 0 unspecified atom stereocenters. The van der Waals surface area contributed by atoms with Crippen molar-refractivity contribution >= 4 is 41.4 Å². The van der Waals surface area contributed by atoms with Gasteiger partial charge in [-0.1, -0.05) is 23.2 Å². The highest BCUT2D eigenvalue weighted by Gasteiger charge is 2.07. The number of urea groups is 1. The van der Waals surface area contributed by atoms with Gasteiger partial charge in [-0.3, -0.25) is 0 Å². The number of halogens is 2. The first-order valence-corrected chi connectivity index (χ1v) is 3.57. The summed E-state index contributed by atoms with van der Waals surface area (Å²) in [5.41, 5.74) is 6.45. The van der Waals surface area contributed by atoms with E-state index in [9.17, 15) is 9.59 Å². The summed E-state index contributed by atoms with van der Waals surface area (Å²) < 4.78 is 0. The summed E-state index contributed by atoms with van der Waals surface area (Å²) in [5, 5.41) is 10.6. The first-order chi connectivity index (χ1) is 5.95. The van der Waals surface area contributed by atoms with Crippen molar-refractivity contribution < 1.29 is 14.7 Å². The number of aliphatic carboxylic acids is 1. The molecular weight excluding hydrogens is 221 g/mol. The van der Waals surface area contributed by atoms with Crippen LogP contribution in [-0.4, -0.2) is 23.3 Å². The topological polar surface area (TPSA) is 105 Å². The van der Waals surface area contributed by atoms with Crippen molar-refractivity contribution in [2.45, 2.75) is 0 Å². The number of carbonyl (C=O) groups is 2. The number of carbonyl (C=O) groups excluding carboxylic acids is 1. The second-order valence-corrected chi connectivity index (χ2v) is 2.49. The van der Waals surface area contributed by atoms with E-state index in [1.807, 2.05) is 5.43 Å². The standard InChI is InChI=1S/C5H5Cl2N3O3/c6-2(3(7)4(11)12)1-9-10-5(8)13/h1H,(H,11,12)(H3,8,10,13)/b3-2+,9-1?. The highest BCUT2D eigenvalue weighted by Crippen LogP contribution is 2.11. The third-order valence-corrected chi connectivity index (χ3v) is 1.50. The number of allylic oxidation sites excluding steroid dienone is 1. The van der Waals surface area contributed by atoms with Gasteiger partial charge in [0.2, 0.25) is 0 Å². The monoisotopic (exact) mass is 225 g/mol. The number of nitrogens with zero attached hydrogens (tertiary/aromatic N) is 1. The molecule has 0 aliphatic rings. The summed E-state index contributed by atoms with van der Waals surface area (Å²) in [7, 11) is 0. The van der Waals surface area contributed by atoms with Crippen molar-refractivity contribution in [3.8, 4) is 0 Å². The predicted octanol–water partition coefficient (Wildman–Crippen LogP) is 0.414. The summed E-state index contributed by atoms with van der Waals surface area (Å²) in [6, 6.07) is -0.896. The molecule has 0 saturated carbocycles. The Balaban J connectivity index is 4.36. The molecule has 0 bridgehead atoms. The molecule has 0 aliphatic carbocycles. The number of nitrogens with one attached hydrogen (secondary N) is 1. The molecule has 0 aromatic carbocycles. The minimum atomic E-state index is -1.39. The first kappa shape index (κ1) is 11.7. The van der Waals surface area contributed by atoms with E-state index in [2.05, 4.69) is 10.8 Å². The molecule has 13 heavy (non-hydrogen) atoms. The largest absolute Gasteiger partial charge is 0.477 e. The average Bonchev–Trinajstić information content (AvgIpc) is 2.02. The lowest BCUT2D eigenvalue weighted by Gasteiger charge is -1.92. The average molecular weight is 226 g/mol. The van der Waals surface area contributed by atoms with Crippen LogP contribution in [0.25, 0.3) is 0 Å². The van der Waals surface area contributed by atoms with Gasteiger partial charge in [-0.15, -0.1) is 0 Å². The van der Waals surface area contributed by atoms with E-state index < -0.39 is 17.0 Å². The molecule has 0 aromatic rings. The number of amides is 2. The minimum Gasteiger partial charge on any atom is -0.477 e. The maximum Gasteiger partial charge on any atom is 0.348 e. The highest BCUT2D eigenvalue weighted by molar-refractivity contribution is 6.51. The molecule has 0 atom stereocenters. The number of carboxylic acid groups (broad SMARTS) is 1. The van der Waals surface area contributed by atoms with E-state index in [-0.39, 0.29) is 5.03 Å². The van der Waals surface area contributed by atoms with Crippen LogP contribution >= 0.6 is 23.2 Å². The van der Waals surface area contributed by atoms with Crippen molar-refractivity contribution in [3.05, 3.63) is 10.1 Å². The Morgan fingerprint density at radius 1 is 1.46 bits per heavy atom. The maximum absolute atomic E-state index is 10.2. The second-order valence-electron chi connectivity index (χ2n) is 1.70. The Labute approximate surface area is 83.0 Å². The molecule has 0 aliphatic heterocycles. The van der Waals surface area contributed by atoms with E-state index >= 15 is 0 Å². The van der Waals surface area contributed by atoms with Crippen molar-refractivity contribution in [1.29, 1.82) is 0 Å². The van der Waals surface area contributed by atoms with Gasteiger partial charge >= 0.3 is 12.0 Å². The Morgan fingerprint density at radius 3 is 2.38 bits per heavy atom. The summed E-state index contributed by atoms with van der Waals surface area (Å²) in [4.78, 5) is 20.3. The lowest BCUT2D eigenvalue weighted by atomic mass is 10.5. The van der Waals surface area contributed by atoms with Gasteiger partial charge in [-0.2, -0.15) is 5.10 Å². The Morgan fingerprint density at radius 2 is 2.00 bits per heavy atom. The van der Waals surface area contributed by atoms with Gasteiger partial charge in [0.25, 0.3) is 0 Å². The summed E-state index contributed by atoms with van der Waals surface area (Å²) >= 11 is 10.5. The van der Waals surface area contributed by atoms with E-state index in [0.29, 0.717) is 0 Å². The number of carboxylic acids is 1. The van der Waals surface area contributed by atoms with E-state index in [1.165, 1.54) is 0 Å². The molecule has 4 N–H and O–H groups in total. The van der Waals surface area contributed by atoms with Crippen LogP contribution in [0.2, 0.25) is 0 Å². The number of rotatable bonds is 3. The lowest BCUT2D eigenvalue weighted by molar-refractivity contribution is -0.131. The summed E-state index contributed by atoms with van der Waals surface area (Å²) in [6.07, 6.45) is 0.850. The zero-order chi connectivity index (χ0) is 10.4. The van der Waals surface area contributed by atoms with Gasteiger partial charge in [0.05, 0.1) is 11.2 Å². The van der Waals surface area contributed by atoms with Crippen molar-refractivity contribution in [1.82, 2.24) is 5.43 Å². The van der Waals surface area contributed by atoms with Gasteiger partial charge in [0, 0.05) is 0 Å². The summed E-state index contributed by atoms with van der Waals surface area (Å²) in [6.45, 7) is 0. The molecule has 0 aromatic heterocycles. The van der Waals surface area contributed by atoms with Crippen LogP contribution in [0.5, 0.6) is 0 Å². The number of primary amides is 1. The number of nitrogens with two attached hydrogens (primary N) is 1. The van der Waals surface area contributed by atoms with Gasteiger partial charge in [-0.05, 0) is 0 Å². The Bertz CT molecular complexity index is 287. The van der Waals surface area contributed by atoms with Crippen LogP contribution in [-0.2, 0) is 4.79 Å². The zero-order valence-corrected chi connectivity index (χ0v) is 7.63. The second kappa shape index (κ2) is 5.39. The number of hydrazone groups is 1. The van der Waals surface area contributed by atoms with Crippen LogP contribution in [0.3, 0.4) is 0 Å². The third kappa shape index (κ3) is 5.05.